The average Bonchev–Trinajstić information content (AvgIpc) is 2.68. The Kier molecular flexibility index (Phi) is 4.59. The summed E-state index contributed by atoms with van der Waals surface area (Å²) in [6, 6.07) is 9.07. The van der Waals surface area contributed by atoms with E-state index in [1.165, 1.54) is 0 Å². The molecule has 2 amide bonds. The van der Waals surface area contributed by atoms with E-state index in [2.05, 4.69) is 20.6 Å². The van der Waals surface area contributed by atoms with Crippen LogP contribution in [0.4, 0.5) is 23.3 Å². The highest BCUT2D eigenvalue weighted by atomic mass is 16.5. The zero-order valence-electron chi connectivity index (χ0n) is 14.6. The third kappa shape index (κ3) is 3.54. The Hall–Kier alpha value is -3.20. The highest BCUT2D eigenvalue weighted by Crippen LogP contribution is 2.36. The molecular formula is C18H20N6O3. The van der Waals surface area contributed by atoms with E-state index in [1.54, 1.807) is 12.1 Å². The first-order valence-electron chi connectivity index (χ1n) is 8.77. The van der Waals surface area contributed by atoms with Gasteiger partial charge in [0.05, 0.1) is 24.7 Å². The predicted molar refractivity (Wildman–Crippen MR) is 101 cm³/mol. The van der Waals surface area contributed by atoms with Crippen molar-refractivity contribution in [2.45, 2.75) is 12.3 Å². The van der Waals surface area contributed by atoms with Gasteiger partial charge in [0.25, 0.3) is 0 Å². The van der Waals surface area contributed by atoms with Crippen LogP contribution in [-0.2, 0) is 14.3 Å². The third-order valence-corrected chi connectivity index (χ3v) is 4.61. The zero-order valence-corrected chi connectivity index (χ0v) is 14.6. The summed E-state index contributed by atoms with van der Waals surface area (Å²) in [6.45, 7) is 2.44. The van der Waals surface area contributed by atoms with Crippen LogP contribution in [0.25, 0.3) is 0 Å². The van der Waals surface area contributed by atoms with Crippen LogP contribution in [-0.4, -0.2) is 48.1 Å². The van der Waals surface area contributed by atoms with Crippen molar-refractivity contribution in [1.29, 1.82) is 0 Å². The molecule has 1 atom stereocenters. The van der Waals surface area contributed by atoms with Crippen LogP contribution >= 0.6 is 0 Å². The Morgan fingerprint density at radius 3 is 2.70 bits per heavy atom. The van der Waals surface area contributed by atoms with Gasteiger partial charge >= 0.3 is 0 Å². The van der Waals surface area contributed by atoms with Gasteiger partial charge in [-0.2, -0.15) is 9.97 Å². The number of amides is 2. The lowest BCUT2D eigenvalue weighted by molar-refractivity contribution is -0.123. The molecule has 9 heteroatoms. The topological polar surface area (TPSA) is 122 Å². The van der Waals surface area contributed by atoms with E-state index in [0.717, 1.165) is 0 Å². The van der Waals surface area contributed by atoms with Crippen molar-refractivity contribution in [3.8, 4) is 0 Å². The van der Waals surface area contributed by atoms with Gasteiger partial charge in [-0.15, -0.1) is 0 Å². The maximum Gasteiger partial charge on any atom is 0.232 e. The van der Waals surface area contributed by atoms with E-state index < -0.39 is 5.92 Å². The normalized spacial score (nSPS) is 19.2. The molecule has 2 aliphatic heterocycles. The summed E-state index contributed by atoms with van der Waals surface area (Å²) in [6.07, 6.45) is -0.00384. The molecular weight excluding hydrogens is 348 g/mol. The molecule has 4 N–H and O–H groups in total. The minimum atomic E-state index is -0.743. The van der Waals surface area contributed by atoms with E-state index in [9.17, 15) is 9.59 Å². The van der Waals surface area contributed by atoms with Gasteiger partial charge in [-0.1, -0.05) is 18.2 Å². The third-order valence-electron chi connectivity index (χ3n) is 4.61. The van der Waals surface area contributed by atoms with Crippen molar-refractivity contribution in [2.75, 3.05) is 47.6 Å². The fourth-order valence-electron chi connectivity index (χ4n) is 3.26. The van der Waals surface area contributed by atoms with Crippen LogP contribution in [0.5, 0.6) is 0 Å². The smallest absolute Gasteiger partial charge is 0.232 e. The van der Waals surface area contributed by atoms with E-state index in [4.69, 9.17) is 10.5 Å². The van der Waals surface area contributed by atoms with E-state index in [1.807, 2.05) is 23.1 Å². The van der Waals surface area contributed by atoms with Crippen LogP contribution in [0.2, 0.25) is 0 Å². The number of hydrogen-bond donors (Lipinski definition) is 3. The Morgan fingerprint density at radius 1 is 1.22 bits per heavy atom. The second kappa shape index (κ2) is 7.20. The Bertz CT molecular complexity index is 867. The molecule has 0 aliphatic carbocycles. The van der Waals surface area contributed by atoms with Gasteiger partial charge in [-0.05, 0) is 12.1 Å². The molecule has 9 nitrogen and oxygen atoms in total. The number of aromatic nitrogens is 2. The van der Waals surface area contributed by atoms with Crippen LogP contribution in [0.15, 0.2) is 30.3 Å². The van der Waals surface area contributed by atoms with Gasteiger partial charge < -0.3 is 26.0 Å². The number of rotatable bonds is 3. The van der Waals surface area contributed by atoms with Gasteiger partial charge in [0.1, 0.15) is 11.6 Å². The largest absolute Gasteiger partial charge is 0.383 e. The number of nitrogens with two attached hydrogens (primary N) is 1. The van der Waals surface area contributed by atoms with Crippen molar-refractivity contribution in [2.24, 2.45) is 0 Å². The molecule has 0 radical (unpaired) electrons. The summed E-state index contributed by atoms with van der Waals surface area (Å²) in [5, 5.41) is 5.54. The van der Waals surface area contributed by atoms with Gasteiger partial charge in [-0.3, -0.25) is 9.59 Å². The number of morpholine rings is 1. The highest BCUT2D eigenvalue weighted by molar-refractivity contribution is 6.05. The highest BCUT2D eigenvalue weighted by Gasteiger charge is 2.35. The molecule has 27 heavy (non-hydrogen) atoms. The number of para-hydroxylation sites is 1. The summed E-state index contributed by atoms with van der Waals surface area (Å²) in [4.78, 5) is 35.7. The number of carbonyl (C=O) groups excluding carboxylic acids is 2. The van der Waals surface area contributed by atoms with Crippen LogP contribution in [0.3, 0.4) is 0 Å². The standard InChI is InChI=1S/C18H20N6O3/c19-15-14-12(17(26)20-11-4-2-1-3-5-11)10-13(25)21-16(14)23-18(22-15)24-6-8-27-9-7-24/h1-5,12H,6-10H2,(H,20,26)(H3,19,21,22,23,25)/t12-/m0/s1. The lowest BCUT2D eigenvalue weighted by Gasteiger charge is -2.30. The summed E-state index contributed by atoms with van der Waals surface area (Å²) in [7, 11) is 0. The first-order valence-corrected chi connectivity index (χ1v) is 8.77. The number of nitrogens with zero attached hydrogens (tertiary/aromatic N) is 3. The fourth-order valence-corrected chi connectivity index (χ4v) is 3.26. The van der Waals surface area contributed by atoms with E-state index >= 15 is 0 Å². The van der Waals surface area contributed by atoms with Crippen molar-refractivity contribution >= 4 is 35.1 Å². The van der Waals surface area contributed by atoms with E-state index in [-0.39, 0.29) is 24.1 Å². The van der Waals surface area contributed by atoms with E-state index in [0.29, 0.717) is 49.3 Å². The predicted octanol–water partition coefficient (Wildman–Crippen LogP) is 0.960. The van der Waals surface area contributed by atoms with Crippen molar-refractivity contribution < 1.29 is 14.3 Å². The molecule has 0 spiro atoms. The van der Waals surface area contributed by atoms with Crippen molar-refractivity contribution in [1.82, 2.24) is 9.97 Å². The summed E-state index contributed by atoms with van der Waals surface area (Å²) in [5.74, 6) is -0.400. The van der Waals surface area contributed by atoms with Gasteiger partial charge in [-0.25, -0.2) is 0 Å². The zero-order chi connectivity index (χ0) is 18.8. The minimum Gasteiger partial charge on any atom is -0.383 e. The maximum absolute atomic E-state index is 12.8. The fraction of sp³-hybridized carbons (Fsp3) is 0.333. The maximum atomic E-state index is 12.8. The van der Waals surface area contributed by atoms with Crippen molar-refractivity contribution in [3.63, 3.8) is 0 Å². The Labute approximate surface area is 155 Å². The number of nitrogens with one attached hydrogen (secondary N) is 2. The molecule has 2 aliphatic rings. The second-order valence-electron chi connectivity index (χ2n) is 6.43. The number of benzene rings is 1. The summed E-state index contributed by atoms with van der Waals surface area (Å²) >= 11 is 0. The van der Waals surface area contributed by atoms with Crippen molar-refractivity contribution in [3.05, 3.63) is 35.9 Å². The molecule has 1 aromatic carbocycles. The minimum absolute atomic E-state index is 0.00384. The number of nitrogen functional groups attached to an aromatic ring is 1. The molecule has 2 aromatic rings. The SMILES string of the molecule is Nc1nc(N2CCOCC2)nc2c1[C@@H](C(=O)Nc1ccccc1)CC(=O)N2. The Morgan fingerprint density at radius 2 is 1.96 bits per heavy atom. The summed E-state index contributed by atoms with van der Waals surface area (Å²) < 4.78 is 5.34. The average molecular weight is 368 g/mol. The molecule has 0 saturated carbocycles. The molecule has 1 saturated heterocycles. The number of carbonyl (C=O) groups is 2. The van der Waals surface area contributed by atoms with Crippen LogP contribution < -0.4 is 21.3 Å². The molecule has 1 fully saturated rings. The molecule has 0 unspecified atom stereocenters. The second-order valence-corrected chi connectivity index (χ2v) is 6.43. The number of anilines is 4. The monoisotopic (exact) mass is 368 g/mol. The molecule has 4 rings (SSSR count). The summed E-state index contributed by atoms with van der Waals surface area (Å²) in [5.41, 5.74) is 7.29. The lowest BCUT2D eigenvalue weighted by atomic mass is 9.92. The van der Waals surface area contributed by atoms with Crippen LogP contribution in [0.1, 0.15) is 17.9 Å². The molecule has 0 bridgehead atoms. The molecule has 3 heterocycles. The first kappa shape index (κ1) is 17.2. The number of fused-ring (bicyclic) bond motifs is 1. The van der Waals surface area contributed by atoms with Gasteiger partial charge in [0, 0.05) is 25.2 Å². The van der Waals surface area contributed by atoms with Gasteiger partial charge in [0.2, 0.25) is 17.8 Å². The van der Waals surface area contributed by atoms with Gasteiger partial charge in [0.15, 0.2) is 0 Å². The number of ether oxygens (including phenoxy) is 1. The quantitative estimate of drug-likeness (QED) is 0.737. The number of hydrogen-bond acceptors (Lipinski definition) is 7. The lowest BCUT2D eigenvalue weighted by Crippen LogP contribution is -2.38. The Balaban J connectivity index is 1.64. The first-order chi connectivity index (χ1) is 13.1. The van der Waals surface area contributed by atoms with Crippen LogP contribution in [0, 0.1) is 0 Å². The molecule has 1 aromatic heterocycles. The molecule has 140 valence electrons.